The number of nitrogens with one attached hydrogen (secondary N) is 2. The number of nitrogens with zero attached hydrogens (tertiary/aromatic N) is 1. The lowest BCUT2D eigenvalue weighted by Crippen LogP contribution is -2.18. The highest BCUT2D eigenvalue weighted by Gasteiger charge is 2.36. The Balaban J connectivity index is 2.22. The van der Waals surface area contributed by atoms with Gasteiger partial charge in [-0.1, -0.05) is 0 Å². The standard InChI is InChI=1S/C8H13N3O2S/c1-5-6(2)9-10-8(5)11-14(12,13)7-3-4-7/h7H,3-4H2,1-2H3,(H2,9,10,11). The number of sulfonamides is 1. The fourth-order valence-electron chi connectivity index (χ4n) is 1.18. The fraction of sp³-hybridized carbons (Fsp3) is 0.625. The number of hydrogen-bond donors (Lipinski definition) is 2. The predicted octanol–water partition coefficient (Wildman–Crippen LogP) is 0.931. The van der Waals surface area contributed by atoms with Crippen molar-refractivity contribution >= 4 is 15.8 Å². The van der Waals surface area contributed by atoms with Gasteiger partial charge < -0.3 is 0 Å². The Labute approximate surface area is 83.0 Å². The van der Waals surface area contributed by atoms with Crippen LogP contribution in [0.4, 0.5) is 5.82 Å². The predicted molar refractivity (Wildman–Crippen MR) is 53.6 cm³/mol. The Bertz CT molecular complexity index is 445. The maximum Gasteiger partial charge on any atom is 0.236 e. The Hall–Kier alpha value is -1.04. The third-order valence-electron chi connectivity index (χ3n) is 2.46. The van der Waals surface area contributed by atoms with Crippen LogP contribution in [0.15, 0.2) is 0 Å². The molecule has 1 aliphatic rings. The first kappa shape index (κ1) is 9.51. The number of aromatic amines is 1. The molecule has 1 aromatic rings. The molecule has 0 atom stereocenters. The maximum absolute atomic E-state index is 11.6. The van der Waals surface area contributed by atoms with Gasteiger partial charge >= 0.3 is 0 Å². The molecule has 0 saturated heterocycles. The topological polar surface area (TPSA) is 74.8 Å². The van der Waals surface area contributed by atoms with Crippen molar-refractivity contribution in [1.82, 2.24) is 10.2 Å². The smallest absolute Gasteiger partial charge is 0.236 e. The molecular weight excluding hydrogens is 202 g/mol. The quantitative estimate of drug-likeness (QED) is 0.787. The van der Waals surface area contributed by atoms with Crippen LogP contribution in [-0.2, 0) is 10.0 Å². The number of aryl methyl sites for hydroxylation is 1. The van der Waals surface area contributed by atoms with Crippen LogP contribution in [0.5, 0.6) is 0 Å². The van der Waals surface area contributed by atoms with Crippen LogP contribution in [0.2, 0.25) is 0 Å². The summed E-state index contributed by atoms with van der Waals surface area (Å²) in [6, 6.07) is 0. The van der Waals surface area contributed by atoms with Crippen molar-refractivity contribution in [3.05, 3.63) is 11.3 Å². The van der Waals surface area contributed by atoms with Crippen LogP contribution in [-0.4, -0.2) is 23.9 Å². The number of aromatic nitrogens is 2. The lowest BCUT2D eigenvalue weighted by molar-refractivity contribution is 0.599. The highest BCUT2D eigenvalue weighted by atomic mass is 32.2. The second kappa shape index (κ2) is 2.98. The van der Waals surface area contributed by atoms with Gasteiger partial charge in [0, 0.05) is 11.3 Å². The molecule has 6 heteroatoms. The van der Waals surface area contributed by atoms with E-state index in [2.05, 4.69) is 14.9 Å². The third kappa shape index (κ3) is 1.61. The van der Waals surface area contributed by atoms with E-state index >= 15 is 0 Å². The molecule has 0 unspecified atom stereocenters. The van der Waals surface area contributed by atoms with E-state index in [1.165, 1.54) is 0 Å². The van der Waals surface area contributed by atoms with E-state index in [9.17, 15) is 8.42 Å². The van der Waals surface area contributed by atoms with Crippen LogP contribution in [0, 0.1) is 13.8 Å². The van der Waals surface area contributed by atoms with Gasteiger partial charge in [-0.3, -0.25) is 9.82 Å². The fourth-order valence-corrected chi connectivity index (χ4v) is 2.57. The average molecular weight is 215 g/mol. The summed E-state index contributed by atoms with van der Waals surface area (Å²) in [6.07, 6.45) is 1.52. The van der Waals surface area contributed by atoms with Crippen molar-refractivity contribution in [2.75, 3.05) is 4.72 Å². The van der Waals surface area contributed by atoms with Crippen molar-refractivity contribution in [2.45, 2.75) is 31.9 Å². The molecule has 78 valence electrons. The first-order chi connectivity index (χ1) is 6.50. The summed E-state index contributed by atoms with van der Waals surface area (Å²) in [6.45, 7) is 3.70. The lowest BCUT2D eigenvalue weighted by Gasteiger charge is -2.03. The number of anilines is 1. The molecule has 2 N–H and O–H groups in total. The van der Waals surface area contributed by atoms with E-state index in [1.807, 2.05) is 13.8 Å². The largest absolute Gasteiger partial charge is 0.280 e. The molecule has 0 aliphatic heterocycles. The molecule has 14 heavy (non-hydrogen) atoms. The minimum absolute atomic E-state index is 0.209. The molecule has 0 radical (unpaired) electrons. The molecule has 1 aromatic heterocycles. The van der Waals surface area contributed by atoms with Gasteiger partial charge in [-0.15, -0.1) is 0 Å². The summed E-state index contributed by atoms with van der Waals surface area (Å²) in [7, 11) is -3.18. The van der Waals surface area contributed by atoms with Gasteiger partial charge in [-0.05, 0) is 26.7 Å². The van der Waals surface area contributed by atoms with Crippen LogP contribution < -0.4 is 4.72 Å². The first-order valence-electron chi connectivity index (χ1n) is 4.54. The Morgan fingerprint density at radius 1 is 1.43 bits per heavy atom. The van der Waals surface area contributed by atoms with Crippen LogP contribution in [0.1, 0.15) is 24.1 Å². The Morgan fingerprint density at radius 2 is 2.07 bits per heavy atom. The van der Waals surface area contributed by atoms with E-state index in [0.717, 1.165) is 24.1 Å². The Morgan fingerprint density at radius 3 is 2.50 bits per heavy atom. The first-order valence-corrected chi connectivity index (χ1v) is 6.08. The van der Waals surface area contributed by atoms with Crippen molar-refractivity contribution in [2.24, 2.45) is 0 Å². The molecule has 0 spiro atoms. The summed E-state index contributed by atoms with van der Waals surface area (Å²) in [5, 5.41) is 6.43. The lowest BCUT2D eigenvalue weighted by atomic mass is 10.3. The van der Waals surface area contributed by atoms with Crippen LogP contribution >= 0.6 is 0 Å². The molecule has 0 bridgehead atoms. The molecule has 1 saturated carbocycles. The SMILES string of the molecule is Cc1[nH]nc(NS(=O)(=O)C2CC2)c1C. The van der Waals surface area contributed by atoms with Crippen LogP contribution in [0.3, 0.4) is 0 Å². The summed E-state index contributed by atoms with van der Waals surface area (Å²) in [5.41, 5.74) is 1.74. The summed E-state index contributed by atoms with van der Waals surface area (Å²) >= 11 is 0. The zero-order valence-corrected chi connectivity index (χ0v) is 8.98. The minimum Gasteiger partial charge on any atom is -0.280 e. The summed E-state index contributed by atoms with van der Waals surface area (Å²) < 4.78 is 25.6. The molecule has 0 amide bonds. The molecule has 2 rings (SSSR count). The van der Waals surface area contributed by atoms with Gasteiger partial charge in [0.25, 0.3) is 0 Å². The molecule has 1 heterocycles. The monoisotopic (exact) mass is 215 g/mol. The highest BCUT2D eigenvalue weighted by Crippen LogP contribution is 2.30. The van der Waals surface area contributed by atoms with Gasteiger partial charge in [0.05, 0.1) is 5.25 Å². The number of hydrogen-bond acceptors (Lipinski definition) is 3. The van der Waals surface area contributed by atoms with E-state index < -0.39 is 10.0 Å². The van der Waals surface area contributed by atoms with E-state index in [1.54, 1.807) is 0 Å². The van der Waals surface area contributed by atoms with Gasteiger partial charge in [0.15, 0.2) is 5.82 Å². The minimum atomic E-state index is -3.18. The van der Waals surface area contributed by atoms with Gasteiger partial charge in [0.2, 0.25) is 10.0 Å². The zero-order valence-electron chi connectivity index (χ0n) is 8.16. The third-order valence-corrected chi connectivity index (χ3v) is 4.28. The number of H-pyrrole nitrogens is 1. The Kier molecular flexibility index (Phi) is 2.02. The van der Waals surface area contributed by atoms with E-state index in [0.29, 0.717) is 5.82 Å². The highest BCUT2D eigenvalue weighted by molar-refractivity contribution is 7.93. The molecule has 1 aliphatic carbocycles. The van der Waals surface area contributed by atoms with Crippen LogP contribution in [0.25, 0.3) is 0 Å². The van der Waals surface area contributed by atoms with Gasteiger partial charge in [-0.25, -0.2) is 8.42 Å². The van der Waals surface area contributed by atoms with Crippen molar-refractivity contribution < 1.29 is 8.42 Å². The maximum atomic E-state index is 11.6. The molecule has 0 aromatic carbocycles. The molecular formula is C8H13N3O2S. The second-order valence-electron chi connectivity index (χ2n) is 3.67. The normalized spacial score (nSPS) is 17.0. The van der Waals surface area contributed by atoms with Gasteiger partial charge in [0.1, 0.15) is 0 Å². The average Bonchev–Trinajstić information content (AvgIpc) is 2.89. The van der Waals surface area contributed by atoms with E-state index in [-0.39, 0.29) is 5.25 Å². The summed E-state index contributed by atoms with van der Waals surface area (Å²) in [5.74, 6) is 0.425. The molecule has 5 nitrogen and oxygen atoms in total. The summed E-state index contributed by atoms with van der Waals surface area (Å²) in [4.78, 5) is 0. The van der Waals surface area contributed by atoms with Crippen molar-refractivity contribution in [3.63, 3.8) is 0 Å². The zero-order chi connectivity index (χ0) is 10.3. The number of rotatable bonds is 3. The van der Waals surface area contributed by atoms with Crippen molar-refractivity contribution in [1.29, 1.82) is 0 Å². The molecule has 1 fully saturated rings. The van der Waals surface area contributed by atoms with Gasteiger partial charge in [-0.2, -0.15) is 5.10 Å². The van der Waals surface area contributed by atoms with Crippen molar-refractivity contribution in [3.8, 4) is 0 Å². The van der Waals surface area contributed by atoms with E-state index in [4.69, 9.17) is 0 Å². The second-order valence-corrected chi connectivity index (χ2v) is 5.63.